The van der Waals surface area contributed by atoms with Gasteiger partial charge < -0.3 is 28.8 Å². The van der Waals surface area contributed by atoms with Gasteiger partial charge in [-0.15, -0.1) is 0 Å². The molecule has 1 heterocycles. The van der Waals surface area contributed by atoms with Gasteiger partial charge in [-0.1, -0.05) is 91.0 Å². The molecule has 0 unspecified atom stereocenters. The van der Waals surface area contributed by atoms with Crippen LogP contribution in [0.5, 0.6) is 0 Å². The van der Waals surface area contributed by atoms with Crippen LogP contribution in [0.15, 0.2) is 91.0 Å². The SMILES string of the molecule is CO[C@@H]1[C@@H](OC)[C@@H](O)O[C@H](COC(c2ccccc2)(c2ccccc2)c2ccccc2)[C@H]1OC. The Bertz CT molecular complexity index is 901. The molecule has 0 aliphatic carbocycles. The third kappa shape index (κ3) is 4.66. The molecule has 6 nitrogen and oxygen atoms in total. The van der Waals surface area contributed by atoms with E-state index in [0.717, 1.165) is 16.7 Å². The van der Waals surface area contributed by atoms with E-state index in [-0.39, 0.29) is 6.61 Å². The molecule has 1 saturated heterocycles. The van der Waals surface area contributed by atoms with Crippen molar-refractivity contribution in [2.24, 2.45) is 0 Å². The summed E-state index contributed by atoms with van der Waals surface area (Å²) in [6.45, 7) is 0.143. The first-order chi connectivity index (χ1) is 16.7. The molecule has 0 bridgehead atoms. The number of ether oxygens (including phenoxy) is 5. The third-order valence-electron chi connectivity index (χ3n) is 6.43. The number of aliphatic hydroxyl groups is 1. The summed E-state index contributed by atoms with van der Waals surface area (Å²) in [4.78, 5) is 0. The van der Waals surface area contributed by atoms with Gasteiger partial charge in [0.15, 0.2) is 6.29 Å². The summed E-state index contributed by atoms with van der Waals surface area (Å²) in [6, 6.07) is 30.3. The Hall–Kier alpha value is -2.58. The molecule has 4 rings (SSSR count). The number of methoxy groups -OCH3 is 3. The van der Waals surface area contributed by atoms with Gasteiger partial charge in [0.05, 0.1) is 6.61 Å². The normalized spacial score (nSPS) is 25.2. The van der Waals surface area contributed by atoms with Gasteiger partial charge in [-0.05, 0) is 16.7 Å². The maximum absolute atomic E-state index is 10.6. The Morgan fingerprint density at radius 1 is 0.647 bits per heavy atom. The van der Waals surface area contributed by atoms with Gasteiger partial charge in [0.1, 0.15) is 30.0 Å². The molecular weight excluding hydrogens is 432 g/mol. The van der Waals surface area contributed by atoms with E-state index in [2.05, 4.69) is 36.4 Å². The van der Waals surface area contributed by atoms with Gasteiger partial charge in [-0.3, -0.25) is 0 Å². The van der Waals surface area contributed by atoms with Crippen LogP contribution in [0.25, 0.3) is 0 Å². The zero-order chi connectivity index (χ0) is 24.0. The van der Waals surface area contributed by atoms with Crippen molar-refractivity contribution in [2.45, 2.75) is 36.3 Å². The Morgan fingerprint density at radius 3 is 1.44 bits per heavy atom. The first-order valence-electron chi connectivity index (χ1n) is 11.4. The van der Waals surface area contributed by atoms with Crippen LogP contribution >= 0.6 is 0 Å². The van der Waals surface area contributed by atoms with Gasteiger partial charge in [0.25, 0.3) is 0 Å². The predicted octanol–water partition coefficient (Wildman–Crippen LogP) is 3.76. The molecule has 5 atom stereocenters. The molecule has 1 aliphatic heterocycles. The molecule has 0 amide bonds. The molecule has 0 aromatic heterocycles. The Morgan fingerprint density at radius 2 is 1.06 bits per heavy atom. The number of rotatable bonds is 9. The number of benzene rings is 3. The molecule has 3 aromatic carbocycles. The smallest absolute Gasteiger partial charge is 0.184 e. The van der Waals surface area contributed by atoms with Crippen molar-refractivity contribution in [2.75, 3.05) is 27.9 Å². The fourth-order valence-corrected chi connectivity index (χ4v) is 4.81. The zero-order valence-corrected chi connectivity index (χ0v) is 19.7. The standard InChI is InChI=1S/C28H32O6/c1-30-24-23(34-27(29)26(32-3)25(24)31-2)19-33-28(20-13-7-4-8-14-20,21-15-9-5-10-16-21)22-17-11-6-12-18-22/h4-18,23-27,29H,19H2,1-3H3/t23-,24-,25+,26-,27+/m1/s1. The highest BCUT2D eigenvalue weighted by atomic mass is 16.7. The minimum absolute atomic E-state index is 0.143. The van der Waals surface area contributed by atoms with Gasteiger partial charge in [-0.25, -0.2) is 0 Å². The second-order valence-corrected chi connectivity index (χ2v) is 8.26. The fourth-order valence-electron chi connectivity index (χ4n) is 4.81. The second-order valence-electron chi connectivity index (χ2n) is 8.26. The van der Waals surface area contributed by atoms with Crippen LogP contribution in [0, 0.1) is 0 Å². The maximum atomic E-state index is 10.6. The summed E-state index contributed by atoms with van der Waals surface area (Å²) in [7, 11) is 4.68. The molecule has 0 saturated carbocycles. The topological polar surface area (TPSA) is 66.4 Å². The number of hydrogen-bond acceptors (Lipinski definition) is 6. The molecule has 3 aromatic rings. The van der Waals surface area contributed by atoms with Crippen LogP contribution in [-0.4, -0.2) is 63.7 Å². The van der Waals surface area contributed by atoms with Crippen LogP contribution in [0.4, 0.5) is 0 Å². The largest absolute Gasteiger partial charge is 0.376 e. The highest BCUT2D eigenvalue weighted by Gasteiger charge is 2.48. The molecule has 1 fully saturated rings. The van der Waals surface area contributed by atoms with E-state index in [4.69, 9.17) is 23.7 Å². The number of hydrogen-bond donors (Lipinski definition) is 1. The molecule has 6 heteroatoms. The molecule has 0 radical (unpaired) electrons. The monoisotopic (exact) mass is 464 g/mol. The molecule has 180 valence electrons. The van der Waals surface area contributed by atoms with Crippen molar-refractivity contribution < 1.29 is 28.8 Å². The molecule has 0 spiro atoms. The Balaban J connectivity index is 1.76. The van der Waals surface area contributed by atoms with Gasteiger partial charge in [0.2, 0.25) is 0 Å². The summed E-state index contributed by atoms with van der Waals surface area (Å²) < 4.78 is 29.6. The lowest BCUT2D eigenvalue weighted by molar-refractivity contribution is -0.304. The first kappa shape index (κ1) is 24.5. The average Bonchev–Trinajstić information content (AvgIpc) is 2.90. The minimum atomic E-state index is -1.17. The number of aliphatic hydroxyl groups excluding tert-OH is 1. The highest BCUT2D eigenvalue weighted by Crippen LogP contribution is 2.41. The second kappa shape index (κ2) is 11.2. The highest BCUT2D eigenvalue weighted by molar-refractivity contribution is 5.47. The van der Waals surface area contributed by atoms with E-state index < -0.39 is 36.3 Å². The molecule has 34 heavy (non-hydrogen) atoms. The van der Waals surface area contributed by atoms with Crippen molar-refractivity contribution in [3.8, 4) is 0 Å². The average molecular weight is 465 g/mol. The lowest BCUT2D eigenvalue weighted by Gasteiger charge is -2.44. The van der Waals surface area contributed by atoms with E-state index >= 15 is 0 Å². The van der Waals surface area contributed by atoms with E-state index in [1.165, 1.54) is 7.11 Å². The van der Waals surface area contributed by atoms with E-state index in [0.29, 0.717) is 0 Å². The van der Waals surface area contributed by atoms with Gasteiger partial charge in [-0.2, -0.15) is 0 Å². The lowest BCUT2D eigenvalue weighted by Crippen LogP contribution is -2.61. The van der Waals surface area contributed by atoms with E-state index in [1.807, 2.05) is 54.6 Å². The van der Waals surface area contributed by atoms with Crippen molar-refractivity contribution in [1.82, 2.24) is 0 Å². The van der Waals surface area contributed by atoms with Crippen molar-refractivity contribution >= 4 is 0 Å². The maximum Gasteiger partial charge on any atom is 0.184 e. The molecule has 1 N–H and O–H groups in total. The fraction of sp³-hybridized carbons (Fsp3) is 0.357. The quantitative estimate of drug-likeness (QED) is 0.487. The Labute approximate surface area is 201 Å². The molecular formula is C28H32O6. The summed E-state index contributed by atoms with van der Waals surface area (Å²) in [5.41, 5.74) is 2.04. The predicted molar refractivity (Wildman–Crippen MR) is 128 cm³/mol. The van der Waals surface area contributed by atoms with Crippen LogP contribution in [-0.2, 0) is 29.3 Å². The summed E-state index contributed by atoms with van der Waals surface area (Å²) >= 11 is 0. The zero-order valence-electron chi connectivity index (χ0n) is 19.7. The van der Waals surface area contributed by atoms with Crippen molar-refractivity contribution in [3.63, 3.8) is 0 Å². The summed E-state index contributed by atoms with van der Waals surface area (Å²) in [6.07, 6.45) is -3.46. The van der Waals surface area contributed by atoms with Crippen LogP contribution in [0.3, 0.4) is 0 Å². The van der Waals surface area contributed by atoms with Crippen molar-refractivity contribution in [3.05, 3.63) is 108 Å². The van der Waals surface area contributed by atoms with Crippen LogP contribution in [0.2, 0.25) is 0 Å². The summed E-state index contributed by atoms with van der Waals surface area (Å²) in [5.74, 6) is 0. The molecule has 1 aliphatic rings. The summed E-state index contributed by atoms with van der Waals surface area (Å²) in [5, 5.41) is 10.6. The Kier molecular flexibility index (Phi) is 8.11. The van der Waals surface area contributed by atoms with Gasteiger partial charge >= 0.3 is 0 Å². The van der Waals surface area contributed by atoms with Crippen LogP contribution < -0.4 is 0 Å². The lowest BCUT2D eigenvalue weighted by atomic mass is 9.80. The first-order valence-corrected chi connectivity index (χ1v) is 11.4. The van der Waals surface area contributed by atoms with Crippen LogP contribution in [0.1, 0.15) is 16.7 Å². The third-order valence-corrected chi connectivity index (χ3v) is 6.43. The van der Waals surface area contributed by atoms with E-state index in [9.17, 15) is 5.11 Å². The minimum Gasteiger partial charge on any atom is -0.376 e. The van der Waals surface area contributed by atoms with Crippen molar-refractivity contribution in [1.29, 1.82) is 0 Å². The van der Waals surface area contributed by atoms with E-state index in [1.54, 1.807) is 14.2 Å². The van der Waals surface area contributed by atoms with Gasteiger partial charge in [0, 0.05) is 21.3 Å².